The number of nitrogens with one attached hydrogen (secondary N) is 2. The average Bonchev–Trinajstić information content (AvgIpc) is 2.89. The van der Waals surface area contributed by atoms with Gasteiger partial charge in [0.2, 0.25) is 11.9 Å². The number of ether oxygens (including phenoxy) is 1. The van der Waals surface area contributed by atoms with Crippen LogP contribution in [0.1, 0.15) is 25.6 Å². The van der Waals surface area contributed by atoms with Crippen LogP contribution in [0.3, 0.4) is 0 Å². The molecular weight excluding hydrogens is 274 g/mol. The van der Waals surface area contributed by atoms with Crippen LogP contribution in [-0.4, -0.2) is 27.6 Å². The third-order valence-corrected chi connectivity index (χ3v) is 3.17. The van der Waals surface area contributed by atoms with Crippen LogP contribution in [0.4, 0.5) is 11.9 Å². The molecule has 0 atom stereocenters. The standard InChI is InChI=1S/C13H19N5OS/c1-4-14-11-16-12(15-8-10-6-5-7-20-10)18-13(17-11)19-9(2)3/h5-7,9H,4,8H2,1-3H3,(H2,14,15,16,17,18). The van der Waals surface area contributed by atoms with Gasteiger partial charge in [0.1, 0.15) is 0 Å². The van der Waals surface area contributed by atoms with Gasteiger partial charge >= 0.3 is 6.01 Å². The lowest BCUT2D eigenvalue weighted by Gasteiger charge is -2.11. The second-order valence-corrected chi connectivity index (χ2v) is 5.43. The molecule has 0 radical (unpaired) electrons. The maximum atomic E-state index is 5.54. The van der Waals surface area contributed by atoms with Crippen molar-refractivity contribution in [1.29, 1.82) is 0 Å². The summed E-state index contributed by atoms with van der Waals surface area (Å²) in [6.07, 6.45) is 0.0250. The summed E-state index contributed by atoms with van der Waals surface area (Å²) in [5, 5.41) is 8.31. The lowest BCUT2D eigenvalue weighted by molar-refractivity contribution is 0.222. The Morgan fingerprint density at radius 3 is 2.55 bits per heavy atom. The van der Waals surface area contributed by atoms with Gasteiger partial charge < -0.3 is 15.4 Å². The van der Waals surface area contributed by atoms with E-state index < -0.39 is 0 Å². The Bertz CT molecular complexity index is 530. The molecule has 6 nitrogen and oxygen atoms in total. The molecule has 2 aromatic heterocycles. The summed E-state index contributed by atoms with van der Waals surface area (Å²) in [5.41, 5.74) is 0. The summed E-state index contributed by atoms with van der Waals surface area (Å²) in [6, 6.07) is 4.42. The first-order valence-corrected chi connectivity index (χ1v) is 7.48. The largest absolute Gasteiger partial charge is 0.461 e. The van der Waals surface area contributed by atoms with Gasteiger partial charge in [0, 0.05) is 11.4 Å². The minimum Gasteiger partial charge on any atom is -0.461 e. The number of hydrogen-bond donors (Lipinski definition) is 2. The first-order chi connectivity index (χ1) is 9.67. The zero-order chi connectivity index (χ0) is 14.4. The fraction of sp³-hybridized carbons (Fsp3) is 0.462. The van der Waals surface area contributed by atoms with Crippen LogP contribution in [0.5, 0.6) is 6.01 Å². The molecule has 0 saturated carbocycles. The van der Waals surface area contributed by atoms with E-state index in [1.165, 1.54) is 4.88 Å². The number of aromatic nitrogens is 3. The summed E-state index contributed by atoms with van der Waals surface area (Å²) in [4.78, 5) is 14.0. The van der Waals surface area contributed by atoms with E-state index in [4.69, 9.17) is 4.74 Å². The fourth-order valence-electron chi connectivity index (χ4n) is 1.52. The lowest BCUT2D eigenvalue weighted by Crippen LogP contribution is -2.13. The second kappa shape index (κ2) is 7.04. The van der Waals surface area contributed by atoms with E-state index in [1.54, 1.807) is 11.3 Å². The van der Waals surface area contributed by atoms with Crippen LogP contribution >= 0.6 is 11.3 Å². The summed E-state index contributed by atoms with van der Waals surface area (Å²) in [7, 11) is 0. The van der Waals surface area contributed by atoms with Crippen LogP contribution in [0.25, 0.3) is 0 Å². The molecule has 0 spiro atoms. The lowest BCUT2D eigenvalue weighted by atomic mass is 10.5. The zero-order valence-electron chi connectivity index (χ0n) is 11.9. The Labute approximate surface area is 122 Å². The highest BCUT2D eigenvalue weighted by molar-refractivity contribution is 7.09. The van der Waals surface area contributed by atoms with E-state index in [2.05, 4.69) is 31.7 Å². The van der Waals surface area contributed by atoms with Crippen molar-refractivity contribution >= 4 is 23.2 Å². The number of rotatable bonds is 7. The Balaban J connectivity index is 2.10. The SMILES string of the molecule is CCNc1nc(NCc2cccs2)nc(OC(C)C)n1. The van der Waals surface area contributed by atoms with Gasteiger partial charge in [-0.1, -0.05) is 6.07 Å². The number of thiophene rings is 1. The van der Waals surface area contributed by atoms with Gasteiger partial charge in [0.05, 0.1) is 12.6 Å². The Kier molecular flexibility index (Phi) is 5.11. The Morgan fingerprint density at radius 2 is 1.95 bits per heavy atom. The van der Waals surface area contributed by atoms with E-state index in [-0.39, 0.29) is 6.10 Å². The predicted octanol–water partition coefficient (Wildman–Crippen LogP) is 2.76. The fourth-order valence-corrected chi connectivity index (χ4v) is 2.16. The van der Waals surface area contributed by atoms with E-state index >= 15 is 0 Å². The minimum absolute atomic E-state index is 0.0250. The van der Waals surface area contributed by atoms with Crippen molar-refractivity contribution in [1.82, 2.24) is 15.0 Å². The van der Waals surface area contributed by atoms with Crippen molar-refractivity contribution < 1.29 is 4.74 Å². The highest BCUT2D eigenvalue weighted by Crippen LogP contribution is 2.15. The molecule has 0 unspecified atom stereocenters. The molecule has 0 aliphatic carbocycles. The van der Waals surface area contributed by atoms with Crippen LogP contribution in [0, 0.1) is 0 Å². The van der Waals surface area contributed by atoms with Crippen molar-refractivity contribution in [2.75, 3.05) is 17.2 Å². The monoisotopic (exact) mass is 293 g/mol. The first-order valence-electron chi connectivity index (χ1n) is 6.60. The van der Waals surface area contributed by atoms with E-state index in [9.17, 15) is 0 Å². The van der Waals surface area contributed by atoms with E-state index in [1.807, 2.05) is 32.2 Å². The molecule has 0 aromatic carbocycles. The summed E-state index contributed by atoms with van der Waals surface area (Å²) in [5.74, 6) is 1.03. The first kappa shape index (κ1) is 14.5. The van der Waals surface area contributed by atoms with Crippen LogP contribution in [0.2, 0.25) is 0 Å². The summed E-state index contributed by atoms with van der Waals surface area (Å²) >= 11 is 1.69. The smallest absolute Gasteiger partial charge is 0.323 e. The Morgan fingerprint density at radius 1 is 1.20 bits per heavy atom. The molecule has 2 aromatic rings. The molecule has 0 aliphatic heterocycles. The highest BCUT2D eigenvalue weighted by atomic mass is 32.1. The summed E-state index contributed by atoms with van der Waals surface area (Å²) in [6.45, 7) is 7.31. The molecule has 0 amide bonds. The highest BCUT2D eigenvalue weighted by Gasteiger charge is 2.08. The minimum atomic E-state index is 0.0250. The van der Waals surface area contributed by atoms with Gasteiger partial charge in [-0.3, -0.25) is 0 Å². The van der Waals surface area contributed by atoms with Crippen LogP contribution < -0.4 is 15.4 Å². The summed E-state index contributed by atoms with van der Waals surface area (Å²) < 4.78 is 5.54. The maximum Gasteiger partial charge on any atom is 0.323 e. The average molecular weight is 293 g/mol. The molecule has 108 valence electrons. The van der Waals surface area contributed by atoms with Crippen molar-refractivity contribution in [2.24, 2.45) is 0 Å². The molecule has 7 heteroatoms. The van der Waals surface area contributed by atoms with Crippen LogP contribution in [0.15, 0.2) is 17.5 Å². The van der Waals surface area contributed by atoms with Gasteiger partial charge in [-0.15, -0.1) is 11.3 Å². The third kappa shape index (κ3) is 4.34. The molecule has 2 rings (SSSR count). The molecule has 0 saturated heterocycles. The number of nitrogens with zero attached hydrogens (tertiary/aromatic N) is 3. The normalized spacial score (nSPS) is 10.6. The van der Waals surface area contributed by atoms with Gasteiger partial charge in [-0.2, -0.15) is 15.0 Å². The van der Waals surface area contributed by atoms with E-state index in [0.717, 1.165) is 6.54 Å². The molecule has 2 heterocycles. The van der Waals surface area contributed by atoms with Crippen molar-refractivity contribution in [3.63, 3.8) is 0 Å². The van der Waals surface area contributed by atoms with Crippen molar-refractivity contribution in [3.8, 4) is 6.01 Å². The molecular formula is C13H19N5OS. The third-order valence-electron chi connectivity index (χ3n) is 2.29. The van der Waals surface area contributed by atoms with Gasteiger partial charge in [-0.25, -0.2) is 0 Å². The van der Waals surface area contributed by atoms with Crippen molar-refractivity contribution in [3.05, 3.63) is 22.4 Å². The zero-order valence-corrected chi connectivity index (χ0v) is 12.7. The molecule has 0 fully saturated rings. The van der Waals surface area contributed by atoms with E-state index in [0.29, 0.717) is 24.5 Å². The number of anilines is 2. The van der Waals surface area contributed by atoms with Crippen molar-refractivity contribution in [2.45, 2.75) is 33.4 Å². The molecule has 0 aliphatic rings. The van der Waals surface area contributed by atoms with Crippen LogP contribution in [-0.2, 0) is 6.54 Å². The number of hydrogen-bond acceptors (Lipinski definition) is 7. The predicted molar refractivity (Wildman–Crippen MR) is 81.4 cm³/mol. The molecule has 20 heavy (non-hydrogen) atoms. The molecule has 0 bridgehead atoms. The van der Waals surface area contributed by atoms with Gasteiger partial charge in [0.25, 0.3) is 0 Å². The maximum absolute atomic E-state index is 5.54. The van der Waals surface area contributed by atoms with Gasteiger partial charge in [-0.05, 0) is 32.2 Å². The Hall–Kier alpha value is -1.89. The van der Waals surface area contributed by atoms with Gasteiger partial charge in [0.15, 0.2) is 0 Å². The molecule has 2 N–H and O–H groups in total. The quantitative estimate of drug-likeness (QED) is 0.818. The topological polar surface area (TPSA) is 72.0 Å². The second-order valence-electron chi connectivity index (χ2n) is 4.40.